The fourth-order valence-electron chi connectivity index (χ4n) is 2.42. The van der Waals surface area contributed by atoms with Crippen LogP contribution < -0.4 is 15.5 Å². The fraction of sp³-hybridized carbons (Fsp3) is 0.438. The number of anilines is 1. The zero-order valence-corrected chi connectivity index (χ0v) is 13.3. The summed E-state index contributed by atoms with van der Waals surface area (Å²) in [7, 11) is 0. The Morgan fingerprint density at radius 3 is 2.78 bits per heavy atom. The second kappa shape index (κ2) is 7.62. The van der Waals surface area contributed by atoms with E-state index in [9.17, 15) is 14.4 Å². The zero-order valence-electron chi connectivity index (χ0n) is 13.3. The number of amides is 3. The fourth-order valence-corrected chi connectivity index (χ4v) is 2.42. The summed E-state index contributed by atoms with van der Waals surface area (Å²) in [6.07, 6.45) is 0.813. The standard InChI is InChI=1S/C16H21N3O4/c1-3-23-15(21)11(2)18-16(22)17-10-14(20)19-9-8-12-6-4-5-7-13(12)19/h4-7,11H,3,8-10H2,1-2H3,(H2,17,18,22)/t11-/m0/s1. The molecule has 0 spiro atoms. The van der Waals surface area contributed by atoms with Crippen molar-refractivity contribution in [2.24, 2.45) is 0 Å². The summed E-state index contributed by atoms with van der Waals surface area (Å²) in [6, 6.07) is 6.36. The first-order valence-electron chi connectivity index (χ1n) is 7.62. The summed E-state index contributed by atoms with van der Waals surface area (Å²) in [6.45, 7) is 3.95. The van der Waals surface area contributed by atoms with Crippen LogP contribution in [0.3, 0.4) is 0 Å². The highest BCUT2D eigenvalue weighted by molar-refractivity contribution is 5.98. The van der Waals surface area contributed by atoms with Gasteiger partial charge in [-0.15, -0.1) is 0 Å². The molecular weight excluding hydrogens is 298 g/mol. The molecule has 0 saturated carbocycles. The molecule has 0 radical (unpaired) electrons. The topological polar surface area (TPSA) is 87.7 Å². The molecule has 0 unspecified atom stereocenters. The summed E-state index contributed by atoms with van der Waals surface area (Å²) in [4.78, 5) is 37.0. The van der Waals surface area contributed by atoms with Crippen molar-refractivity contribution >= 4 is 23.6 Å². The molecule has 7 nitrogen and oxygen atoms in total. The average Bonchev–Trinajstić information content (AvgIpc) is 2.97. The van der Waals surface area contributed by atoms with Crippen LogP contribution in [-0.2, 0) is 20.7 Å². The quantitative estimate of drug-likeness (QED) is 0.787. The molecule has 1 heterocycles. The zero-order chi connectivity index (χ0) is 16.8. The van der Waals surface area contributed by atoms with Crippen molar-refractivity contribution in [1.29, 1.82) is 0 Å². The Morgan fingerprint density at radius 1 is 1.30 bits per heavy atom. The van der Waals surface area contributed by atoms with E-state index < -0.39 is 18.0 Å². The summed E-state index contributed by atoms with van der Waals surface area (Å²) in [5.74, 6) is -0.698. The van der Waals surface area contributed by atoms with Crippen LogP contribution >= 0.6 is 0 Å². The molecule has 1 aromatic rings. The molecule has 1 aromatic carbocycles. The maximum atomic E-state index is 12.2. The highest BCUT2D eigenvalue weighted by atomic mass is 16.5. The van der Waals surface area contributed by atoms with Crippen LogP contribution in [0.15, 0.2) is 24.3 Å². The lowest BCUT2D eigenvalue weighted by atomic mass is 10.2. The molecule has 23 heavy (non-hydrogen) atoms. The van der Waals surface area contributed by atoms with Gasteiger partial charge in [-0.2, -0.15) is 0 Å². The van der Waals surface area contributed by atoms with Gasteiger partial charge in [-0.25, -0.2) is 9.59 Å². The molecule has 1 aliphatic heterocycles. The summed E-state index contributed by atoms with van der Waals surface area (Å²) >= 11 is 0. The first-order chi connectivity index (χ1) is 11.0. The van der Waals surface area contributed by atoms with E-state index in [4.69, 9.17) is 4.74 Å². The normalized spacial score (nSPS) is 13.9. The van der Waals surface area contributed by atoms with Crippen molar-refractivity contribution in [2.45, 2.75) is 26.3 Å². The van der Waals surface area contributed by atoms with E-state index in [1.165, 1.54) is 6.92 Å². The van der Waals surface area contributed by atoms with E-state index in [1.54, 1.807) is 11.8 Å². The number of nitrogens with zero attached hydrogens (tertiary/aromatic N) is 1. The number of carbonyl (C=O) groups excluding carboxylic acids is 3. The van der Waals surface area contributed by atoms with Gasteiger partial charge in [-0.1, -0.05) is 18.2 Å². The Kier molecular flexibility index (Phi) is 5.56. The number of para-hydroxylation sites is 1. The van der Waals surface area contributed by atoms with Crippen LogP contribution in [0.25, 0.3) is 0 Å². The first kappa shape index (κ1) is 16.8. The number of benzene rings is 1. The van der Waals surface area contributed by atoms with Gasteiger partial charge in [0, 0.05) is 12.2 Å². The minimum absolute atomic E-state index is 0.129. The minimum Gasteiger partial charge on any atom is -0.464 e. The Labute approximate surface area is 135 Å². The van der Waals surface area contributed by atoms with E-state index in [2.05, 4.69) is 10.6 Å². The first-order valence-corrected chi connectivity index (χ1v) is 7.62. The SMILES string of the molecule is CCOC(=O)[C@H](C)NC(=O)NCC(=O)N1CCc2ccccc21. The highest BCUT2D eigenvalue weighted by Crippen LogP contribution is 2.27. The summed E-state index contributed by atoms with van der Waals surface area (Å²) < 4.78 is 4.79. The van der Waals surface area contributed by atoms with Crippen molar-refractivity contribution in [3.8, 4) is 0 Å². The van der Waals surface area contributed by atoms with E-state index in [0.717, 1.165) is 17.7 Å². The number of fused-ring (bicyclic) bond motifs is 1. The molecular formula is C16H21N3O4. The summed E-state index contributed by atoms with van der Waals surface area (Å²) in [5.41, 5.74) is 2.01. The molecule has 0 fully saturated rings. The van der Waals surface area contributed by atoms with E-state index >= 15 is 0 Å². The number of carbonyl (C=O) groups is 3. The summed E-state index contributed by atoms with van der Waals surface area (Å²) in [5, 5.41) is 4.90. The van der Waals surface area contributed by atoms with E-state index in [-0.39, 0.29) is 19.1 Å². The van der Waals surface area contributed by atoms with E-state index in [1.807, 2.05) is 24.3 Å². The van der Waals surface area contributed by atoms with Gasteiger partial charge < -0.3 is 20.3 Å². The number of hydrogen-bond acceptors (Lipinski definition) is 4. The third-order valence-electron chi connectivity index (χ3n) is 3.58. The number of rotatable bonds is 5. The van der Waals surface area contributed by atoms with Crippen molar-refractivity contribution in [2.75, 3.05) is 24.6 Å². The lowest BCUT2D eigenvalue weighted by Crippen LogP contribution is -2.48. The number of esters is 1. The maximum Gasteiger partial charge on any atom is 0.328 e. The van der Waals surface area contributed by atoms with Crippen molar-refractivity contribution < 1.29 is 19.1 Å². The molecule has 0 aromatic heterocycles. The molecule has 0 saturated heterocycles. The van der Waals surface area contributed by atoms with Gasteiger partial charge in [-0.3, -0.25) is 4.79 Å². The largest absolute Gasteiger partial charge is 0.464 e. The predicted molar refractivity (Wildman–Crippen MR) is 85.1 cm³/mol. The minimum atomic E-state index is -0.766. The van der Waals surface area contributed by atoms with Crippen LogP contribution in [0.1, 0.15) is 19.4 Å². The third-order valence-corrected chi connectivity index (χ3v) is 3.58. The van der Waals surface area contributed by atoms with E-state index in [0.29, 0.717) is 6.54 Å². The van der Waals surface area contributed by atoms with Crippen LogP contribution in [-0.4, -0.2) is 43.6 Å². The second-order valence-electron chi connectivity index (χ2n) is 5.22. The predicted octanol–water partition coefficient (Wildman–Crippen LogP) is 0.827. The third kappa shape index (κ3) is 4.21. The molecule has 0 bridgehead atoms. The van der Waals surface area contributed by atoms with Crippen LogP contribution in [0.5, 0.6) is 0 Å². The van der Waals surface area contributed by atoms with Gasteiger partial charge in [0.15, 0.2) is 0 Å². The molecule has 1 atom stereocenters. The Balaban J connectivity index is 1.81. The van der Waals surface area contributed by atoms with Crippen LogP contribution in [0.2, 0.25) is 0 Å². The van der Waals surface area contributed by atoms with Gasteiger partial charge in [0.1, 0.15) is 6.04 Å². The average molecular weight is 319 g/mol. The van der Waals surface area contributed by atoms with Crippen molar-refractivity contribution in [1.82, 2.24) is 10.6 Å². The molecule has 1 aliphatic rings. The van der Waals surface area contributed by atoms with Gasteiger partial charge in [-0.05, 0) is 31.9 Å². The Bertz CT molecular complexity index is 603. The molecule has 3 amide bonds. The molecule has 7 heteroatoms. The number of ether oxygens (including phenoxy) is 1. The number of hydrogen-bond donors (Lipinski definition) is 2. The highest BCUT2D eigenvalue weighted by Gasteiger charge is 2.24. The van der Waals surface area contributed by atoms with Crippen molar-refractivity contribution in [3.63, 3.8) is 0 Å². The smallest absolute Gasteiger partial charge is 0.328 e. The maximum absolute atomic E-state index is 12.2. The van der Waals surface area contributed by atoms with Gasteiger partial charge in [0.2, 0.25) is 5.91 Å². The van der Waals surface area contributed by atoms with Crippen LogP contribution in [0.4, 0.5) is 10.5 Å². The van der Waals surface area contributed by atoms with Crippen LogP contribution in [0, 0.1) is 0 Å². The Morgan fingerprint density at radius 2 is 2.04 bits per heavy atom. The number of nitrogens with one attached hydrogen (secondary N) is 2. The molecule has 124 valence electrons. The van der Waals surface area contributed by atoms with Gasteiger partial charge in [0.05, 0.1) is 13.2 Å². The van der Waals surface area contributed by atoms with Crippen molar-refractivity contribution in [3.05, 3.63) is 29.8 Å². The molecule has 0 aliphatic carbocycles. The number of urea groups is 1. The van der Waals surface area contributed by atoms with Gasteiger partial charge in [0.25, 0.3) is 0 Å². The second-order valence-corrected chi connectivity index (χ2v) is 5.22. The Hall–Kier alpha value is -2.57. The molecule has 2 N–H and O–H groups in total. The lowest BCUT2D eigenvalue weighted by molar-refractivity contribution is -0.144. The monoisotopic (exact) mass is 319 g/mol. The molecule has 2 rings (SSSR count). The van der Waals surface area contributed by atoms with Gasteiger partial charge >= 0.3 is 12.0 Å². The lowest BCUT2D eigenvalue weighted by Gasteiger charge is -2.18.